The van der Waals surface area contributed by atoms with E-state index < -0.39 is 72.5 Å². The van der Waals surface area contributed by atoms with Crippen LogP contribution in [0.15, 0.2) is 24.3 Å². The second kappa shape index (κ2) is 15.0. The summed E-state index contributed by atoms with van der Waals surface area (Å²) in [5.74, 6) is -3.69. The van der Waals surface area contributed by atoms with Gasteiger partial charge in [-0.15, -0.1) is 0 Å². The number of carbonyl (C=O) groups excluding carboxylic acids is 5. The predicted molar refractivity (Wildman–Crippen MR) is 151 cm³/mol. The molecule has 0 saturated heterocycles. The number of carbonyl (C=O) groups is 5. The predicted octanol–water partition coefficient (Wildman–Crippen LogP) is 1.16. The van der Waals surface area contributed by atoms with Crippen molar-refractivity contribution in [3.05, 3.63) is 29.8 Å². The van der Waals surface area contributed by atoms with Gasteiger partial charge < -0.3 is 35.9 Å². The van der Waals surface area contributed by atoms with Gasteiger partial charge in [-0.2, -0.15) is 0 Å². The van der Waals surface area contributed by atoms with E-state index in [2.05, 4.69) is 16.0 Å². The van der Waals surface area contributed by atoms with Gasteiger partial charge in [0.2, 0.25) is 11.8 Å². The highest BCUT2D eigenvalue weighted by molar-refractivity contribution is 5.95. The van der Waals surface area contributed by atoms with Crippen LogP contribution in [-0.4, -0.2) is 71.9 Å². The van der Waals surface area contributed by atoms with E-state index in [-0.39, 0.29) is 11.8 Å². The molecular formula is C28H43N5O8. The van der Waals surface area contributed by atoms with E-state index in [1.807, 2.05) is 0 Å². The normalized spacial score (nSPS) is 12.9. The summed E-state index contributed by atoms with van der Waals surface area (Å²) in [6.45, 7) is 12.6. The monoisotopic (exact) mass is 577 g/mol. The third-order valence-corrected chi connectivity index (χ3v) is 5.05. The molecule has 1 aromatic carbocycles. The van der Waals surface area contributed by atoms with Crippen LogP contribution in [0.1, 0.15) is 67.4 Å². The Morgan fingerprint density at radius 1 is 0.878 bits per heavy atom. The Morgan fingerprint density at radius 3 is 1.93 bits per heavy atom. The van der Waals surface area contributed by atoms with Crippen molar-refractivity contribution in [2.75, 3.05) is 13.2 Å². The zero-order chi connectivity index (χ0) is 31.5. The summed E-state index contributed by atoms with van der Waals surface area (Å²) in [7, 11) is 0. The largest absolute Gasteiger partial charge is 0.484 e. The number of rotatable bonds is 13. The Labute approximate surface area is 240 Å². The molecule has 0 heterocycles. The van der Waals surface area contributed by atoms with Gasteiger partial charge in [-0.3, -0.25) is 24.6 Å². The van der Waals surface area contributed by atoms with E-state index in [4.69, 9.17) is 25.4 Å². The van der Waals surface area contributed by atoms with E-state index in [0.29, 0.717) is 11.3 Å². The van der Waals surface area contributed by atoms with Gasteiger partial charge in [0.05, 0.1) is 13.0 Å². The average molecular weight is 578 g/mol. The van der Waals surface area contributed by atoms with Gasteiger partial charge >= 0.3 is 11.9 Å². The van der Waals surface area contributed by atoms with Crippen LogP contribution in [0.2, 0.25) is 0 Å². The van der Waals surface area contributed by atoms with Crippen molar-refractivity contribution in [3.8, 4) is 5.75 Å². The maximum Gasteiger partial charge on any atom is 0.329 e. The lowest BCUT2D eigenvalue weighted by Crippen LogP contribution is -2.56. The maximum atomic E-state index is 13.2. The number of benzene rings is 1. The van der Waals surface area contributed by atoms with Crippen LogP contribution >= 0.6 is 0 Å². The third-order valence-electron chi connectivity index (χ3n) is 5.05. The van der Waals surface area contributed by atoms with Crippen molar-refractivity contribution < 1.29 is 38.2 Å². The molecule has 2 atom stereocenters. The molecule has 0 aliphatic rings. The number of nitrogens with one attached hydrogen (secondary N) is 4. The molecule has 0 radical (unpaired) electrons. The first kappa shape index (κ1) is 34.9. The van der Waals surface area contributed by atoms with Crippen molar-refractivity contribution in [1.82, 2.24) is 16.0 Å². The van der Waals surface area contributed by atoms with Crippen molar-refractivity contribution in [2.45, 2.75) is 85.1 Å². The second-order valence-corrected chi connectivity index (χ2v) is 11.7. The summed E-state index contributed by atoms with van der Waals surface area (Å²) in [5, 5.41) is 14.7. The molecule has 0 aromatic heterocycles. The fraction of sp³-hybridized carbons (Fsp3) is 0.571. The van der Waals surface area contributed by atoms with Gasteiger partial charge in [0.1, 0.15) is 34.9 Å². The summed E-state index contributed by atoms with van der Waals surface area (Å²) in [4.78, 5) is 63.1. The minimum absolute atomic E-state index is 0.108. The number of ether oxygens (including phenoxy) is 3. The lowest BCUT2D eigenvalue weighted by Gasteiger charge is -2.28. The van der Waals surface area contributed by atoms with Crippen LogP contribution < -0.4 is 26.4 Å². The summed E-state index contributed by atoms with van der Waals surface area (Å²) in [6, 6.07) is 3.77. The molecule has 3 amide bonds. The first-order chi connectivity index (χ1) is 18.8. The highest BCUT2D eigenvalue weighted by Gasteiger charge is 2.33. The lowest BCUT2D eigenvalue weighted by molar-refractivity contribution is -0.160. The van der Waals surface area contributed by atoms with Gasteiger partial charge in [-0.25, -0.2) is 4.79 Å². The Balaban J connectivity index is 2.85. The first-order valence-electron chi connectivity index (χ1n) is 13.2. The average Bonchev–Trinajstić information content (AvgIpc) is 2.81. The molecule has 0 fully saturated rings. The van der Waals surface area contributed by atoms with E-state index in [1.54, 1.807) is 67.5 Å². The van der Waals surface area contributed by atoms with E-state index in [0.717, 1.165) is 0 Å². The third kappa shape index (κ3) is 14.2. The number of amides is 3. The SMILES string of the molecule is CC(C)[C@H](NC(=O)[C@H](CC(=O)OC(C)(C)C)NC(=O)CNC(=O)COc1ccc(C(=N)N)cc1)C(=O)OC(C)(C)C. The molecule has 6 N–H and O–H groups in total. The quantitative estimate of drug-likeness (QED) is 0.130. The van der Waals surface area contributed by atoms with Gasteiger partial charge in [0.25, 0.3) is 5.91 Å². The maximum absolute atomic E-state index is 13.2. The minimum atomic E-state index is -1.39. The van der Waals surface area contributed by atoms with Crippen molar-refractivity contribution in [2.24, 2.45) is 11.7 Å². The highest BCUT2D eigenvalue weighted by Crippen LogP contribution is 2.14. The minimum Gasteiger partial charge on any atom is -0.484 e. The number of esters is 2. The number of nitrogen functional groups attached to an aromatic ring is 1. The number of amidine groups is 1. The summed E-state index contributed by atoms with van der Waals surface area (Å²) in [5.41, 5.74) is 4.27. The van der Waals surface area contributed by atoms with Gasteiger partial charge in [-0.05, 0) is 71.7 Å². The van der Waals surface area contributed by atoms with E-state index in [9.17, 15) is 24.0 Å². The van der Waals surface area contributed by atoms with Crippen LogP contribution in [0.25, 0.3) is 0 Å². The van der Waals surface area contributed by atoms with Crippen LogP contribution in [0.3, 0.4) is 0 Å². The Morgan fingerprint density at radius 2 is 1.44 bits per heavy atom. The molecule has 41 heavy (non-hydrogen) atoms. The molecule has 0 aliphatic carbocycles. The van der Waals surface area contributed by atoms with Crippen LogP contribution in [0, 0.1) is 11.3 Å². The first-order valence-corrected chi connectivity index (χ1v) is 13.2. The molecule has 13 heteroatoms. The molecule has 0 aliphatic heterocycles. The fourth-order valence-corrected chi connectivity index (χ4v) is 3.23. The number of hydrogen-bond donors (Lipinski definition) is 5. The van der Waals surface area contributed by atoms with Crippen LogP contribution in [-0.2, 0) is 33.4 Å². The lowest BCUT2D eigenvalue weighted by atomic mass is 10.0. The van der Waals surface area contributed by atoms with Crippen molar-refractivity contribution in [1.29, 1.82) is 5.41 Å². The zero-order valence-corrected chi connectivity index (χ0v) is 25.0. The summed E-state index contributed by atoms with van der Waals surface area (Å²) < 4.78 is 16.0. The number of nitrogens with two attached hydrogens (primary N) is 1. The molecule has 1 aromatic rings. The summed E-state index contributed by atoms with van der Waals surface area (Å²) in [6.07, 6.45) is -0.513. The molecule has 0 unspecified atom stereocenters. The second-order valence-electron chi connectivity index (χ2n) is 11.7. The molecule has 0 spiro atoms. The highest BCUT2D eigenvalue weighted by atomic mass is 16.6. The van der Waals surface area contributed by atoms with Crippen molar-refractivity contribution >= 4 is 35.5 Å². The van der Waals surface area contributed by atoms with Gasteiger partial charge in [0.15, 0.2) is 6.61 Å². The van der Waals surface area contributed by atoms with Gasteiger partial charge in [-0.1, -0.05) is 13.8 Å². The standard InChI is InChI=1S/C28H43N5O8/c1-16(2)23(26(38)41-28(6,7)8)33-25(37)19(13-22(36)40-27(3,4)5)32-20(34)14-31-21(35)15-39-18-11-9-17(10-12-18)24(29)30/h9-12,16,19,23H,13-15H2,1-8H3,(H3,29,30)(H,31,35)(H,32,34)(H,33,37)/t19-,23-/m0/s1. The smallest absolute Gasteiger partial charge is 0.329 e. The number of hydrogen-bond acceptors (Lipinski definition) is 9. The topological polar surface area (TPSA) is 199 Å². The zero-order valence-electron chi connectivity index (χ0n) is 25.0. The molecule has 0 saturated carbocycles. The Kier molecular flexibility index (Phi) is 12.8. The van der Waals surface area contributed by atoms with E-state index in [1.165, 1.54) is 12.1 Å². The Bertz CT molecular complexity index is 1100. The van der Waals surface area contributed by atoms with Crippen LogP contribution in [0.5, 0.6) is 5.75 Å². The van der Waals surface area contributed by atoms with Gasteiger partial charge in [0, 0.05) is 5.56 Å². The molecular weight excluding hydrogens is 534 g/mol. The van der Waals surface area contributed by atoms with Crippen LogP contribution in [0.4, 0.5) is 0 Å². The Hall–Kier alpha value is -4.16. The van der Waals surface area contributed by atoms with Crippen molar-refractivity contribution in [3.63, 3.8) is 0 Å². The molecule has 13 nitrogen and oxygen atoms in total. The summed E-state index contributed by atoms with van der Waals surface area (Å²) >= 11 is 0. The fourth-order valence-electron chi connectivity index (χ4n) is 3.23. The van der Waals surface area contributed by atoms with E-state index >= 15 is 0 Å². The molecule has 228 valence electrons. The molecule has 0 bridgehead atoms. The molecule has 1 rings (SSSR count).